The third-order valence-corrected chi connectivity index (χ3v) is 3.16. The van der Waals surface area contributed by atoms with E-state index in [0.29, 0.717) is 6.04 Å². The molecule has 1 aromatic carbocycles. The van der Waals surface area contributed by atoms with Gasteiger partial charge in [-0.25, -0.2) is 0 Å². The molecule has 1 saturated heterocycles. The lowest BCUT2D eigenvalue weighted by atomic mass is 10.2. The van der Waals surface area contributed by atoms with Crippen molar-refractivity contribution in [3.63, 3.8) is 0 Å². The van der Waals surface area contributed by atoms with Gasteiger partial charge in [0, 0.05) is 17.1 Å². The van der Waals surface area contributed by atoms with Gasteiger partial charge in [-0.05, 0) is 25.1 Å². The van der Waals surface area contributed by atoms with Crippen molar-refractivity contribution in [1.29, 1.82) is 0 Å². The summed E-state index contributed by atoms with van der Waals surface area (Å²) in [5.41, 5.74) is 7.93. The Morgan fingerprint density at radius 2 is 2.33 bits per heavy atom. The fourth-order valence-electron chi connectivity index (χ4n) is 1.87. The number of benzene rings is 1. The molecule has 1 aliphatic rings. The van der Waals surface area contributed by atoms with Gasteiger partial charge in [0.15, 0.2) is 0 Å². The van der Waals surface area contributed by atoms with E-state index in [0.717, 1.165) is 35.6 Å². The Balaban J connectivity index is 2.27. The lowest BCUT2D eigenvalue weighted by Crippen LogP contribution is -2.44. The van der Waals surface area contributed by atoms with Crippen LogP contribution in [0.25, 0.3) is 0 Å². The number of ether oxygens (including phenoxy) is 1. The summed E-state index contributed by atoms with van der Waals surface area (Å²) in [6.07, 6.45) is 0. The predicted octanol–water partition coefficient (Wildman–Crippen LogP) is 2.26. The van der Waals surface area contributed by atoms with Crippen molar-refractivity contribution in [1.82, 2.24) is 0 Å². The molecule has 4 heteroatoms. The van der Waals surface area contributed by atoms with Crippen LogP contribution >= 0.6 is 15.9 Å². The Bertz CT molecular complexity index is 356. The first-order valence-corrected chi connectivity index (χ1v) is 5.87. The van der Waals surface area contributed by atoms with Gasteiger partial charge < -0.3 is 15.4 Å². The second-order valence-electron chi connectivity index (χ2n) is 3.82. The highest BCUT2D eigenvalue weighted by Gasteiger charge is 2.20. The molecule has 1 fully saturated rings. The molecule has 0 radical (unpaired) electrons. The Kier molecular flexibility index (Phi) is 3.17. The van der Waals surface area contributed by atoms with Gasteiger partial charge in [0.05, 0.1) is 24.6 Å². The van der Waals surface area contributed by atoms with Crippen molar-refractivity contribution in [3.05, 3.63) is 22.7 Å². The molecule has 1 aliphatic heterocycles. The first-order valence-electron chi connectivity index (χ1n) is 5.08. The van der Waals surface area contributed by atoms with Crippen molar-refractivity contribution >= 4 is 27.3 Å². The molecular formula is C11H15BrN2O. The molecule has 15 heavy (non-hydrogen) atoms. The monoisotopic (exact) mass is 270 g/mol. The average Bonchev–Trinajstić information content (AvgIpc) is 2.20. The third-order valence-electron chi connectivity index (χ3n) is 2.67. The molecule has 1 unspecified atom stereocenters. The number of morpholine rings is 1. The molecular weight excluding hydrogens is 256 g/mol. The molecule has 0 aromatic heterocycles. The quantitative estimate of drug-likeness (QED) is 0.796. The molecule has 82 valence electrons. The largest absolute Gasteiger partial charge is 0.397 e. The van der Waals surface area contributed by atoms with Crippen LogP contribution in [-0.2, 0) is 4.74 Å². The first-order chi connectivity index (χ1) is 7.18. The van der Waals surface area contributed by atoms with Gasteiger partial charge in [-0.2, -0.15) is 0 Å². The second kappa shape index (κ2) is 4.41. The van der Waals surface area contributed by atoms with Crippen LogP contribution in [-0.4, -0.2) is 25.8 Å². The summed E-state index contributed by atoms with van der Waals surface area (Å²) in [4.78, 5) is 2.30. The minimum absolute atomic E-state index is 0.391. The number of anilines is 2. The minimum atomic E-state index is 0.391. The summed E-state index contributed by atoms with van der Waals surface area (Å²) in [7, 11) is 0. The summed E-state index contributed by atoms with van der Waals surface area (Å²) in [5, 5.41) is 0. The van der Waals surface area contributed by atoms with Crippen LogP contribution in [0.2, 0.25) is 0 Å². The van der Waals surface area contributed by atoms with Crippen LogP contribution in [0.1, 0.15) is 6.92 Å². The zero-order valence-electron chi connectivity index (χ0n) is 8.74. The number of nitrogens with zero attached hydrogens (tertiary/aromatic N) is 1. The summed E-state index contributed by atoms with van der Waals surface area (Å²) in [6.45, 7) is 4.61. The van der Waals surface area contributed by atoms with Gasteiger partial charge in [-0.1, -0.05) is 15.9 Å². The highest BCUT2D eigenvalue weighted by Crippen LogP contribution is 2.29. The summed E-state index contributed by atoms with van der Waals surface area (Å²) in [6, 6.07) is 6.41. The Hall–Kier alpha value is -0.740. The topological polar surface area (TPSA) is 38.5 Å². The molecule has 0 amide bonds. The standard InChI is InChI=1S/C11H15BrN2O/c1-8-7-15-5-4-14(8)11-3-2-9(12)6-10(11)13/h2-3,6,8H,4-5,7,13H2,1H3. The molecule has 0 aliphatic carbocycles. The molecule has 0 saturated carbocycles. The smallest absolute Gasteiger partial charge is 0.0668 e. The number of nitrogens with two attached hydrogens (primary N) is 1. The zero-order valence-corrected chi connectivity index (χ0v) is 10.3. The Labute approximate surface area is 98.3 Å². The molecule has 2 rings (SSSR count). The van der Waals surface area contributed by atoms with Crippen LogP contribution < -0.4 is 10.6 Å². The van der Waals surface area contributed by atoms with E-state index >= 15 is 0 Å². The molecule has 2 N–H and O–H groups in total. The van der Waals surface area contributed by atoms with Crippen molar-refractivity contribution in [2.24, 2.45) is 0 Å². The van der Waals surface area contributed by atoms with E-state index in [1.807, 2.05) is 12.1 Å². The van der Waals surface area contributed by atoms with Crippen LogP contribution in [0, 0.1) is 0 Å². The highest BCUT2D eigenvalue weighted by atomic mass is 79.9. The van der Waals surface area contributed by atoms with E-state index in [1.165, 1.54) is 0 Å². The van der Waals surface area contributed by atoms with E-state index in [4.69, 9.17) is 10.5 Å². The third kappa shape index (κ3) is 2.26. The van der Waals surface area contributed by atoms with Gasteiger partial charge in [-0.3, -0.25) is 0 Å². The maximum absolute atomic E-state index is 6.00. The lowest BCUT2D eigenvalue weighted by molar-refractivity contribution is 0.0990. The molecule has 0 spiro atoms. The molecule has 0 bridgehead atoms. The van der Waals surface area contributed by atoms with Gasteiger partial charge in [0.2, 0.25) is 0 Å². The van der Waals surface area contributed by atoms with E-state index in [9.17, 15) is 0 Å². The van der Waals surface area contributed by atoms with E-state index in [-0.39, 0.29) is 0 Å². The van der Waals surface area contributed by atoms with Gasteiger partial charge in [-0.15, -0.1) is 0 Å². The fraction of sp³-hybridized carbons (Fsp3) is 0.455. The van der Waals surface area contributed by atoms with Crippen LogP contribution in [0.3, 0.4) is 0 Å². The highest BCUT2D eigenvalue weighted by molar-refractivity contribution is 9.10. The molecule has 1 atom stereocenters. The summed E-state index contributed by atoms with van der Waals surface area (Å²) >= 11 is 3.41. The Morgan fingerprint density at radius 1 is 1.53 bits per heavy atom. The number of hydrogen-bond acceptors (Lipinski definition) is 3. The molecule has 3 nitrogen and oxygen atoms in total. The van der Waals surface area contributed by atoms with Crippen LogP contribution in [0.5, 0.6) is 0 Å². The number of hydrogen-bond donors (Lipinski definition) is 1. The fourth-order valence-corrected chi connectivity index (χ4v) is 2.25. The molecule has 1 heterocycles. The van der Waals surface area contributed by atoms with Gasteiger partial charge >= 0.3 is 0 Å². The minimum Gasteiger partial charge on any atom is -0.397 e. The van der Waals surface area contributed by atoms with E-state index < -0.39 is 0 Å². The van der Waals surface area contributed by atoms with E-state index in [2.05, 4.69) is 33.8 Å². The average molecular weight is 271 g/mol. The lowest BCUT2D eigenvalue weighted by Gasteiger charge is -2.35. The van der Waals surface area contributed by atoms with Gasteiger partial charge in [0.25, 0.3) is 0 Å². The van der Waals surface area contributed by atoms with Crippen molar-refractivity contribution in [3.8, 4) is 0 Å². The maximum atomic E-state index is 6.00. The first kappa shape index (κ1) is 10.8. The van der Waals surface area contributed by atoms with E-state index in [1.54, 1.807) is 0 Å². The van der Waals surface area contributed by atoms with Crippen LogP contribution in [0.4, 0.5) is 11.4 Å². The number of rotatable bonds is 1. The normalized spacial score (nSPS) is 21.7. The van der Waals surface area contributed by atoms with Gasteiger partial charge in [0.1, 0.15) is 0 Å². The van der Waals surface area contributed by atoms with Crippen molar-refractivity contribution in [2.45, 2.75) is 13.0 Å². The van der Waals surface area contributed by atoms with Crippen LogP contribution in [0.15, 0.2) is 22.7 Å². The summed E-state index contributed by atoms with van der Waals surface area (Å²) < 4.78 is 6.42. The number of halogens is 1. The zero-order chi connectivity index (χ0) is 10.8. The molecule has 1 aromatic rings. The van der Waals surface area contributed by atoms with Crippen molar-refractivity contribution < 1.29 is 4.74 Å². The maximum Gasteiger partial charge on any atom is 0.0668 e. The second-order valence-corrected chi connectivity index (χ2v) is 4.74. The predicted molar refractivity (Wildman–Crippen MR) is 66.2 cm³/mol. The Morgan fingerprint density at radius 3 is 3.00 bits per heavy atom. The summed E-state index contributed by atoms with van der Waals surface area (Å²) in [5.74, 6) is 0. The van der Waals surface area contributed by atoms with Crippen molar-refractivity contribution in [2.75, 3.05) is 30.4 Å². The SMILES string of the molecule is CC1COCCN1c1ccc(Br)cc1N. The number of nitrogen functional groups attached to an aromatic ring is 1.